The monoisotopic (exact) mass is 252 g/mol. The van der Waals surface area contributed by atoms with Crippen LogP contribution in [-0.4, -0.2) is 11.7 Å². The number of hydrogen-bond donors (Lipinski definition) is 1. The molecule has 0 aromatic heterocycles. The van der Waals surface area contributed by atoms with E-state index in [9.17, 15) is 0 Å². The highest BCUT2D eigenvalue weighted by molar-refractivity contribution is 5.50. The zero-order chi connectivity index (χ0) is 13.5. The Morgan fingerprint density at radius 1 is 1.00 bits per heavy atom. The summed E-state index contributed by atoms with van der Waals surface area (Å²) in [5.41, 5.74) is 3.86. The molecule has 1 N–H and O–H groups in total. The highest BCUT2D eigenvalue weighted by Gasteiger charge is 2.06. The number of rotatable bonds is 5. The molecule has 2 aromatic carbocycles. The van der Waals surface area contributed by atoms with Gasteiger partial charge in [-0.15, -0.1) is 0 Å². The van der Waals surface area contributed by atoms with E-state index in [1.165, 1.54) is 11.1 Å². The Balaban J connectivity index is 2.03. The van der Waals surface area contributed by atoms with E-state index in [4.69, 9.17) is 5.11 Å². The van der Waals surface area contributed by atoms with Crippen molar-refractivity contribution >= 4 is 6.08 Å². The number of aliphatic hydroxyl groups is 1. The summed E-state index contributed by atoms with van der Waals surface area (Å²) in [6, 6.07) is 19.1. The highest BCUT2D eigenvalue weighted by atomic mass is 16.2. The van der Waals surface area contributed by atoms with Crippen LogP contribution < -0.4 is 0 Å². The summed E-state index contributed by atoms with van der Waals surface area (Å²) in [4.78, 5) is 0. The van der Waals surface area contributed by atoms with Crippen molar-refractivity contribution in [3.8, 4) is 0 Å². The predicted molar refractivity (Wildman–Crippen MR) is 81.1 cm³/mol. The zero-order valence-electron chi connectivity index (χ0n) is 11.3. The summed E-state index contributed by atoms with van der Waals surface area (Å²) in [5, 5.41) is 8.75. The van der Waals surface area contributed by atoms with Crippen molar-refractivity contribution in [1.29, 1.82) is 0 Å². The topological polar surface area (TPSA) is 20.2 Å². The van der Waals surface area contributed by atoms with Gasteiger partial charge in [0.25, 0.3) is 0 Å². The van der Waals surface area contributed by atoms with Crippen LogP contribution in [0.25, 0.3) is 6.08 Å². The predicted octanol–water partition coefficient (Wildman–Crippen LogP) is 4.04. The third-order valence-electron chi connectivity index (χ3n) is 3.31. The summed E-state index contributed by atoms with van der Waals surface area (Å²) in [6.07, 6.45) is 4.75. The molecular weight excluding hydrogens is 232 g/mol. The second-order valence-corrected chi connectivity index (χ2v) is 4.84. The molecule has 0 aliphatic carbocycles. The quantitative estimate of drug-likeness (QED) is 0.851. The third-order valence-corrected chi connectivity index (χ3v) is 3.31. The minimum Gasteiger partial charge on any atom is -0.392 e. The normalized spacial score (nSPS) is 12.7. The summed E-state index contributed by atoms with van der Waals surface area (Å²) in [7, 11) is 0. The molecule has 0 heterocycles. The fourth-order valence-corrected chi connectivity index (χ4v) is 2.21. The number of benzene rings is 2. The van der Waals surface area contributed by atoms with Gasteiger partial charge in [-0.25, -0.2) is 0 Å². The van der Waals surface area contributed by atoms with Gasteiger partial charge in [0.1, 0.15) is 0 Å². The molecule has 0 aliphatic rings. The van der Waals surface area contributed by atoms with Crippen LogP contribution in [0.1, 0.15) is 29.5 Å². The van der Waals surface area contributed by atoms with Crippen LogP contribution in [0.5, 0.6) is 0 Å². The first-order valence-corrected chi connectivity index (χ1v) is 6.71. The van der Waals surface area contributed by atoms with Crippen molar-refractivity contribution < 1.29 is 5.11 Å². The standard InChI is InChI=1S/C18H20O/c1-15(14-17-6-3-2-4-7-17)18-11-9-16(10-12-18)8-5-13-19/h2-12,15,19H,13-14H2,1H3/b8-5+. The van der Waals surface area contributed by atoms with Crippen molar-refractivity contribution in [2.45, 2.75) is 19.3 Å². The van der Waals surface area contributed by atoms with Gasteiger partial charge in [0.15, 0.2) is 0 Å². The lowest BCUT2D eigenvalue weighted by Gasteiger charge is -2.12. The molecule has 2 aromatic rings. The highest BCUT2D eigenvalue weighted by Crippen LogP contribution is 2.21. The molecule has 0 fully saturated rings. The minimum atomic E-state index is 0.0894. The summed E-state index contributed by atoms with van der Waals surface area (Å²) in [5.74, 6) is 0.512. The Morgan fingerprint density at radius 2 is 1.68 bits per heavy atom. The molecule has 98 valence electrons. The summed E-state index contributed by atoms with van der Waals surface area (Å²) in [6.45, 7) is 2.34. The minimum absolute atomic E-state index is 0.0894. The van der Waals surface area contributed by atoms with Gasteiger partial charge in [-0.1, -0.05) is 73.7 Å². The van der Waals surface area contributed by atoms with Crippen molar-refractivity contribution in [3.63, 3.8) is 0 Å². The van der Waals surface area contributed by atoms with E-state index in [-0.39, 0.29) is 6.61 Å². The van der Waals surface area contributed by atoms with Gasteiger partial charge in [-0.05, 0) is 29.0 Å². The second-order valence-electron chi connectivity index (χ2n) is 4.84. The summed E-state index contributed by atoms with van der Waals surface area (Å²) < 4.78 is 0. The molecule has 0 bridgehead atoms. The van der Waals surface area contributed by atoms with E-state index < -0.39 is 0 Å². The Labute approximate surface area is 115 Å². The molecular formula is C18H20O. The summed E-state index contributed by atoms with van der Waals surface area (Å²) >= 11 is 0. The van der Waals surface area contributed by atoms with Crippen LogP contribution in [0, 0.1) is 0 Å². The van der Waals surface area contributed by atoms with Gasteiger partial charge < -0.3 is 5.11 Å². The fraction of sp³-hybridized carbons (Fsp3) is 0.222. The van der Waals surface area contributed by atoms with Crippen molar-refractivity contribution in [3.05, 3.63) is 77.4 Å². The Hall–Kier alpha value is -1.86. The van der Waals surface area contributed by atoms with Crippen molar-refractivity contribution in [2.75, 3.05) is 6.61 Å². The lowest BCUT2D eigenvalue weighted by molar-refractivity contribution is 0.343. The van der Waals surface area contributed by atoms with E-state index in [1.54, 1.807) is 6.08 Å². The van der Waals surface area contributed by atoms with Gasteiger partial charge >= 0.3 is 0 Å². The molecule has 2 rings (SSSR count). The Bertz CT molecular complexity index is 511. The van der Waals surface area contributed by atoms with E-state index in [0.29, 0.717) is 5.92 Å². The molecule has 0 aliphatic heterocycles. The largest absolute Gasteiger partial charge is 0.392 e. The van der Waals surface area contributed by atoms with Crippen LogP contribution in [0.4, 0.5) is 0 Å². The van der Waals surface area contributed by atoms with Crippen molar-refractivity contribution in [1.82, 2.24) is 0 Å². The van der Waals surface area contributed by atoms with Crippen LogP contribution in [0.2, 0.25) is 0 Å². The van der Waals surface area contributed by atoms with Gasteiger partial charge in [0, 0.05) is 0 Å². The average Bonchev–Trinajstić information content (AvgIpc) is 2.46. The van der Waals surface area contributed by atoms with Crippen LogP contribution >= 0.6 is 0 Å². The molecule has 0 amide bonds. The molecule has 0 saturated carbocycles. The maximum absolute atomic E-state index is 8.75. The van der Waals surface area contributed by atoms with Crippen LogP contribution in [-0.2, 0) is 6.42 Å². The molecule has 0 spiro atoms. The van der Waals surface area contributed by atoms with E-state index >= 15 is 0 Å². The second kappa shape index (κ2) is 6.91. The SMILES string of the molecule is CC(Cc1ccccc1)c1ccc(/C=C/CO)cc1. The molecule has 0 saturated heterocycles. The fourth-order valence-electron chi connectivity index (χ4n) is 2.21. The first-order valence-electron chi connectivity index (χ1n) is 6.71. The van der Waals surface area contributed by atoms with Crippen LogP contribution in [0.15, 0.2) is 60.7 Å². The molecule has 1 atom stereocenters. The lowest BCUT2D eigenvalue weighted by atomic mass is 9.93. The Kier molecular flexibility index (Phi) is 4.93. The number of aliphatic hydroxyl groups excluding tert-OH is 1. The smallest absolute Gasteiger partial charge is 0.0615 e. The number of hydrogen-bond acceptors (Lipinski definition) is 1. The third kappa shape index (κ3) is 4.08. The van der Waals surface area contributed by atoms with Gasteiger partial charge in [0.2, 0.25) is 0 Å². The lowest BCUT2D eigenvalue weighted by Crippen LogP contribution is -1.98. The molecule has 19 heavy (non-hydrogen) atoms. The Morgan fingerprint density at radius 3 is 2.32 bits per heavy atom. The molecule has 1 unspecified atom stereocenters. The van der Waals surface area contributed by atoms with Gasteiger partial charge in [-0.2, -0.15) is 0 Å². The zero-order valence-corrected chi connectivity index (χ0v) is 11.3. The maximum atomic E-state index is 8.75. The van der Waals surface area contributed by atoms with Gasteiger partial charge in [-0.3, -0.25) is 0 Å². The maximum Gasteiger partial charge on any atom is 0.0615 e. The average molecular weight is 252 g/mol. The van der Waals surface area contributed by atoms with E-state index in [2.05, 4.69) is 61.5 Å². The van der Waals surface area contributed by atoms with Crippen LogP contribution in [0.3, 0.4) is 0 Å². The van der Waals surface area contributed by atoms with Gasteiger partial charge in [0.05, 0.1) is 6.61 Å². The molecule has 0 radical (unpaired) electrons. The first-order chi connectivity index (χ1) is 9.29. The first kappa shape index (κ1) is 13.6. The molecule has 1 heteroatoms. The van der Waals surface area contributed by atoms with E-state index in [1.807, 2.05) is 6.08 Å². The van der Waals surface area contributed by atoms with Crippen molar-refractivity contribution in [2.24, 2.45) is 0 Å². The van der Waals surface area contributed by atoms with E-state index in [0.717, 1.165) is 12.0 Å². The molecule has 1 nitrogen and oxygen atoms in total.